The Morgan fingerprint density at radius 3 is 2.67 bits per heavy atom. The minimum atomic E-state index is 0.560. The summed E-state index contributed by atoms with van der Waals surface area (Å²) < 4.78 is 6.20. The van der Waals surface area contributed by atoms with Crippen molar-refractivity contribution in [2.45, 2.75) is 13.8 Å². The van der Waals surface area contributed by atoms with Crippen LogP contribution in [0.4, 0.5) is 0 Å². The molecular weight excluding hydrogens is 196 g/mol. The Bertz CT molecular complexity index is 124. The molecule has 0 amide bonds. The van der Waals surface area contributed by atoms with Gasteiger partial charge in [-0.1, -0.05) is 0 Å². The normalized spacial score (nSPS) is 8.67. The summed E-state index contributed by atoms with van der Waals surface area (Å²) in [6.07, 6.45) is 0. The van der Waals surface area contributed by atoms with Crippen LogP contribution in [-0.4, -0.2) is 14.7 Å². The number of thioether (sulfide) groups is 1. The van der Waals surface area contributed by atoms with E-state index in [0.29, 0.717) is 8.99 Å². The van der Waals surface area contributed by atoms with E-state index in [0.717, 1.165) is 5.75 Å². The van der Waals surface area contributed by atoms with Gasteiger partial charge in [0.2, 0.25) is 0 Å². The van der Waals surface area contributed by atoms with Gasteiger partial charge in [0.25, 0.3) is 0 Å². The molecular formula is C5H8FeOS2+. The van der Waals surface area contributed by atoms with Crippen molar-refractivity contribution >= 4 is 33.0 Å². The van der Waals surface area contributed by atoms with Crippen molar-refractivity contribution in [1.29, 1.82) is 0 Å². The second-order valence-corrected chi connectivity index (χ2v) is 3.88. The molecule has 0 saturated carbocycles. The maximum atomic E-state index is 4.99. The van der Waals surface area contributed by atoms with Crippen LogP contribution in [0.2, 0.25) is 0 Å². The molecule has 0 spiro atoms. The number of rotatable bonds is 2. The minimum absolute atomic E-state index is 0.560. The molecule has 4 heteroatoms. The van der Waals surface area contributed by atoms with Crippen LogP contribution in [0.25, 0.3) is 0 Å². The van der Waals surface area contributed by atoms with E-state index in [4.69, 9.17) is 17.0 Å². The van der Waals surface area contributed by atoms with E-state index < -0.39 is 0 Å². The van der Waals surface area contributed by atoms with E-state index in [1.807, 2.05) is 6.92 Å². The van der Waals surface area contributed by atoms with Crippen molar-refractivity contribution < 1.29 is 20.3 Å². The number of ether oxygens (including phenoxy) is 1. The molecule has 1 nitrogen and oxygen atoms in total. The van der Waals surface area contributed by atoms with Gasteiger partial charge in [-0.25, -0.2) is 0 Å². The molecule has 0 aliphatic heterocycles. The topological polar surface area (TPSA) is 9.23 Å². The zero-order valence-corrected chi connectivity index (χ0v) is 8.02. The molecule has 9 heavy (non-hydrogen) atoms. The van der Waals surface area contributed by atoms with Gasteiger partial charge in [-0.15, -0.1) is 0 Å². The first-order valence-electron chi connectivity index (χ1n) is 2.49. The molecule has 53 valence electrons. The van der Waals surface area contributed by atoms with E-state index in [1.54, 1.807) is 6.92 Å². The van der Waals surface area contributed by atoms with Gasteiger partial charge >= 0.3 is 72.9 Å². The molecule has 0 saturated heterocycles. The quantitative estimate of drug-likeness (QED) is 0.500. The Hall–Kier alpha value is 0.629. The molecule has 0 aliphatic carbocycles. The van der Waals surface area contributed by atoms with Crippen LogP contribution in [0.15, 0.2) is 0 Å². The fourth-order valence-electron chi connectivity index (χ4n) is 0.260. The van der Waals surface area contributed by atoms with Gasteiger partial charge in [0.1, 0.15) is 0 Å². The third kappa shape index (κ3) is 6.52. The first kappa shape index (κ1) is 9.63. The van der Waals surface area contributed by atoms with Gasteiger partial charge in [0.15, 0.2) is 0 Å². The van der Waals surface area contributed by atoms with Gasteiger partial charge in [0, 0.05) is 0 Å². The summed E-state index contributed by atoms with van der Waals surface area (Å²) in [7, 11) is 0. The van der Waals surface area contributed by atoms with Crippen molar-refractivity contribution in [1.82, 2.24) is 0 Å². The standard InChI is InChI=1S/C5H8OS2.Fe/c1-3-6-5(7)8-4-2;/h4H2,1-2H3;/q;+1. The van der Waals surface area contributed by atoms with Crippen LogP contribution in [0.5, 0.6) is 0 Å². The summed E-state index contributed by atoms with van der Waals surface area (Å²) in [6, 6.07) is 0. The molecule has 0 aromatic carbocycles. The van der Waals surface area contributed by atoms with E-state index in [9.17, 15) is 0 Å². The Balaban J connectivity index is 3.39. The van der Waals surface area contributed by atoms with E-state index in [2.05, 4.69) is 15.6 Å². The summed E-state index contributed by atoms with van der Waals surface area (Å²) in [5.74, 6) is 0.951. The van der Waals surface area contributed by atoms with Crippen LogP contribution in [0, 0.1) is 0 Å². The van der Waals surface area contributed by atoms with E-state index in [-0.39, 0.29) is 0 Å². The van der Waals surface area contributed by atoms with Crippen LogP contribution in [0.3, 0.4) is 0 Å². The number of hydrogen-bond acceptors (Lipinski definition) is 3. The SMILES string of the molecule is CCSC(=S)O[C](C)=[Fe+]. The maximum absolute atomic E-state index is 4.99. The van der Waals surface area contributed by atoms with Crippen LogP contribution >= 0.6 is 24.0 Å². The molecule has 0 aromatic heterocycles. The second-order valence-electron chi connectivity index (χ2n) is 1.24. The Morgan fingerprint density at radius 1 is 1.78 bits per heavy atom. The average Bonchev–Trinajstić information content (AvgIpc) is 1.63. The molecule has 0 N–H and O–H groups in total. The Morgan fingerprint density at radius 2 is 2.33 bits per heavy atom. The summed E-state index contributed by atoms with van der Waals surface area (Å²) in [4.78, 5) is 0. The van der Waals surface area contributed by atoms with Gasteiger partial charge in [-0.2, -0.15) is 0 Å². The van der Waals surface area contributed by atoms with Crippen molar-refractivity contribution in [3.05, 3.63) is 0 Å². The molecule has 0 aromatic rings. The molecule has 0 bridgehead atoms. The fraction of sp³-hybridized carbons (Fsp3) is 0.600. The average molecular weight is 204 g/mol. The van der Waals surface area contributed by atoms with Gasteiger partial charge in [0.05, 0.1) is 0 Å². The molecule has 0 radical (unpaired) electrons. The van der Waals surface area contributed by atoms with Crippen molar-refractivity contribution in [3.63, 3.8) is 0 Å². The molecule has 0 unspecified atom stereocenters. The molecule has 0 rings (SSSR count). The Kier molecular flexibility index (Phi) is 5.80. The Labute approximate surface area is 72.9 Å². The van der Waals surface area contributed by atoms with Gasteiger partial charge in [-0.05, 0) is 0 Å². The molecule has 0 fully saturated rings. The van der Waals surface area contributed by atoms with Crippen LogP contribution in [-0.2, 0) is 20.3 Å². The summed E-state index contributed by atoms with van der Waals surface area (Å²) in [5.41, 5.74) is 0. The van der Waals surface area contributed by atoms with Crippen LogP contribution < -0.4 is 0 Å². The summed E-state index contributed by atoms with van der Waals surface area (Å²) in [6.45, 7) is 3.81. The first-order valence-corrected chi connectivity index (χ1v) is 4.43. The molecule has 0 heterocycles. The van der Waals surface area contributed by atoms with Crippen molar-refractivity contribution in [3.8, 4) is 0 Å². The first-order chi connectivity index (χ1) is 4.16. The molecule has 0 aliphatic rings. The fourth-order valence-corrected chi connectivity index (χ4v) is 1.41. The van der Waals surface area contributed by atoms with E-state index >= 15 is 0 Å². The zero-order valence-electron chi connectivity index (χ0n) is 5.29. The predicted molar refractivity (Wildman–Crippen MR) is 42.5 cm³/mol. The monoisotopic (exact) mass is 204 g/mol. The molecule has 0 atom stereocenters. The van der Waals surface area contributed by atoms with Gasteiger partial charge in [-0.3, -0.25) is 0 Å². The number of hydrogen-bond donors (Lipinski definition) is 0. The second kappa shape index (κ2) is 5.42. The summed E-state index contributed by atoms with van der Waals surface area (Å²) >= 11 is 9.87. The van der Waals surface area contributed by atoms with E-state index in [1.165, 1.54) is 11.8 Å². The van der Waals surface area contributed by atoms with Crippen molar-refractivity contribution in [2.24, 2.45) is 0 Å². The predicted octanol–water partition coefficient (Wildman–Crippen LogP) is 1.74. The van der Waals surface area contributed by atoms with Crippen LogP contribution in [0.1, 0.15) is 13.8 Å². The van der Waals surface area contributed by atoms with Crippen molar-refractivity contribution in [2.75, 3.05) is 5.75 Å². The zero-order chi connectivity index (χ0) is 7.28. The van der Waals surface area contributed by atoms with Gasteiger partial charge < -0.3 is 0 Å². The third-order valence-electron chi connectivity index (χ3n) is 0.484. The summed E-state index contributed by atoms with van der Waals surface area (Å²) in [5, 5.41) is 0. The third-order valence-corrected chi connectivity index (χ3v) is 1.64. The number of thiocarbonyl (C=S) groups is 1.